The van der Waals surface area contributed by atoms with E-state index in [9.17, 15) is 0 Å². The first kappa shape index (κ1) is 28.6. The van der Waals surface area contributed by atoms with Crippen molar-refractivity contribution in [3.05, 3.63) is 169 Å². The van der Waals surface area contributed by atoms with E-state index in [0.29, 0.717) is 5.95 Å². The molecule has 0 saturated heterocycles. The van der Waals surface area contributed by atoms with Gasteiger partial charge < -0.3 is 0 Å². The number of aromatic nitrogens is 3. The average molecular weight is 641 g/mol. The molecule has 0 unspecified atom stereocenters. The van der Waals surface area contributed by atoms with Crippen LogP contribution in [0.3, 0.4) is 0 Å². The summed E-state index contributed by atoms with van der Waals surface area (Å²) in [5, 5.41) is 2.36. The Morgan fingerprint density at radius 2 is 1.18 bits per heavy atom. The van der Waals surface area contributed by atoms with Crippen LogP contribution in [-0.2, 0) is 5.41 Å². The lowest BCUT2D eigenvalue weighted by molar-refractivity contribution is 0.660. The number of benzene rings is 6. The smallest absolute Gasteiger partial charge is 0.235 e. The Bertz CT molecular complexity index is 2550. The first-order valence-corrected chi connectivity index (χ1v) is 17.1. The number of pyridine rings is 1. The van der Waals surface area contributed by atoms with Crippen LogP contribution < -0.4 is 4.90 Å². The molecule has 0 atom stereocenters. The number of hydrogen-bond acceptors (Lipinski definition) is 4. The molecule has 2 aliphatic rings. The van der Waals surface area contributed by atoms with Crippen molar-refractivity contribution in [2.75, 3.05) is 4.90 Å². The lowest BCUT2D eigenvalue weighted by Crippen LogP contribution is -2.20. The van der Waals surface area contributed by atoms with Gasteiger partial charge in [0.1, 0.15) is 0 Å². The summed E-state index contributed by atoms with van der Waals surface area (Å²) in [4.78, 5) is 17.6. The Hall–Kier alpha value is -6.39. The van der Waals surface area contributed by atoms with E-state index in [1.807, 2.05) is 30.6 Å². The van der Waals surface area contributed by atoms with Gasteiger partial charge in [-0.15, -0.1) is 0 Å². The molecule has 0 fully saturated rings. The normalized spacial score (nSPS) is 13.5. The van der Waals surface area contributed by atoms with Gasteiger partial charge in [-0.05, 0) is 51.4 Å². The fraction of sp³-hybridized carbons (Fsp3) is 0.0652. The van der Waals surface area contributed by atoms with Crippen LogP contribution in [0.25, 0.3) is 66.7 Å². The number of rotatable bonds is 4. The molecule has 4 nitrogen and oxygen atoms in total. The fourth-order valence-corrected chi connectivity index (χ4v) is 8.17. The van der Waals surface area contributed by atoms with Crippen molar-refractivity contribution >= 4 is 28.1 Å². The molecule has 0 amide bonds. The minimum atomic E-state index is -0.162. The van der Waals surface area contributed by atoms with Crippen molar-refractivity contribution in [3.8, 4) is 55.9 Å². The monoisotopic (exact) mass is 640 g/mol. The summed E-state index contributed by atoms with van der Waals surface area (Å²) >= 11 is 0. The Labute approximate surface area is 291 Å². The van der Waals surface area contributed by atoms with Gasteiger partial charge in [0.15, 0.2) is 0 Å². The van der Waals surface area contributed by atoms with E-state index in [1.165, 1.54) is 44.2 Å². The van der Waals surface area contributed by atoms with Gasteiger partial charge in [-0.2, -0.15) is 0 Å². The number of hydrogen-bond donors (Lipinski definition) is 0. The second-order valence-corrected chi connectivity index (χ2v) is 13.7. The van der Waals surface area contributed by atoms with Crippen LogP contribution in [0.1, 0.15) is 25.0 Å². The number of nitrogens with zero attached hydrogens (tertiary/aromatic N) is 4. The van der Waals surface area contributed by atoms with Gasteiger partial charge in [-0.25, -0.2) is 9.97 Å². The second-order valence-electron chi connectivity index (χ2n) is 13.7. The highest BCUT2D eigenvalue weighted by molar-refractivity contribution is 6.19. The molecule has 2 aromatic heterocycles. The zero-order chi connectivity index (χ0) is 33.4. The average Bonchev–Trinajstić information content (AvgIpc) is 3.42. The molecule has 0 saturated carbocycles. The van der Waals surface area contributed by atoms with Crippen LogP contribution in [0.2, 0.25) is 0 Å². The number of fused-ring (bicyclic) bond motifs is 6. The predicted octanol–water partition coefficient (Wildman–Crippen LogP) is 11.8. The van der Waals surface area contributed by atoms with Gasteiger partial charge >= 0.3 is 0 Å². The molecular formula is C46H32N4. The van der Waals surface area contributed by atoms with Gasteiger partial charge in [0.05, 0.1) is 22.8 Å². The summed E-state index contributed by atoms with van der Waals surface area (Å²) in [5.74, 6) is 0.645. The third-order valence-electron chi connectivity index (χ3n) is 10.5. The molecule has 0 spiro atoms. The molecular weight excluding hydrogens is 609 g/mol. The van der Waals surface area contributed by atoms with Gasteiger partial charge in [0.2, 0.25) is 5.95 Å². The molecule has 1 aliphatic heterocycles. The maximum absolute atomic E-state index is 5.41. The van der Waals surface area contributed by atoms with Crippen molar-refractivity contribution in [2.24, 2.45) is 0 Å². The van der Waals surface area contributed by atoms with E-state index in [2.05, 4.69) is 151 Å². The van der Waals surface area contributed by atoms with Gasteiger partial charge in [-0.3, -0.25) is 9.88 Å². The van der Waals surface area contributed by atoms with Gasteiger partial charge in [0, 0.05) is 51.0 Å². The molecule has 4 heteroatoms. The molecule has 236 valence electrons. The lowest BCUT2D eigenvalue weighted by Gasteiger charge is -2.35. The van der Waals surface area contributed by atoms with E-state index in [-0.39, 0.29) is 5.41 Å². The predicted molar refractivity (Wildman–Crippen MR) is 205 cm³/mol. The molecule has 50 heavy (non-hydrogen) atoms. The van der Waals surface area contributed by atoms with E-state index in [0.717, 1.165) is 45.0 Å². The summed E-state index contributed by atoms with van der Waals surface area (Å²) in [6.07, 6.45) is 3.77. The van der Waals surface area contributed by atoms with Gasteiger partial charge in [-0.1, -0.05) is 141 Å². The highest BCUT2D eigenvalue weighted by Gasteiger charge is 2.41. The molecule has 10 rings (SSSR count). The van der Waals surface area contributed by atoms with E-state index >= 15 is 0 Å². The minimum absolute atomic E-state index is 0.162. The second kappa shape index (κ2) is 10.8. The SMILES string of the molecule is CC1(C)c2ccccc2-c2c1ccc1c2N(c2nc(-c3ccccc3)cc(-c3ccccc3)n2)c2cccc3c(-c4cccnc4)ccc-1c23. The zero-order valence-corrected chi connectivity index (χ0v) is 27.8. The molecule has 0 bridgehead atoms. The summed E-state index contributed by atoms with van der Waals surface area (Å²) in [6.45, 7) is 4.68. The Morgan fingerprint density at radius 1 is 0.520 bits per heavy atom. The maximum atomic E-state index is 5.41. The van der Waals surface area contributed by atoms with Crippen molar-refractivity contribution in [1.29, 1.82) is 0 Å². The van der Waals surface area contributed by atoms with E-state index in [4.69, 9.17) is 9.97 Å². The van der Waals surface area contributed by atoms with Crippen LogP contribution >= 0.6 is 0 Å². The highest BCUT2D eigenvalue weighted by atomic mass is 15.3. The van der Waals surface area contributed by atoms with Crippen LogP contribution in [0.5, 0.6) is 0 Å². The van der Waals surface area contributed by atoms with E-state index < -0.39 is 0 Å². The Balaban J connectivity index is 1.34. The topological polar surface area (TPSA) is 41.9 Å². The third kappa shape index (κ3) is 4.15. The Kier molecular flexibility index (Phi) is 6.19. The minimum Gasteiger partial charge on any atom is -0.277 e. The maximum Gasteiger partial charge on any atom is 0.235 e. The van der Waals surface area contributed by atoms with Crippen molar-refractivity contribution < 1.29 is 0 Å². The first-order valence-electron chi connectivity index (χ1n) is 17.1. The molecule has 0 radical (unpaired) electrons. The fourth-order valence-electron chi connectivity index (χ4n) is 8.17. The van der Waals surface area contributed by atoms with Crippen LogP contribution in [0.15, 0.2) is 158 Å². The summed E-state index contributed by atoms with van der Waals surface area (Å²) < 4.78 is 0. The van der Waals surface area contributed by atoms with Crippen LogP contribution in [0.4, 0.5) is 17.3 Å². The quantitative estimate of drug-likeness (QED) is 0.192. The standard InChI is InChI=1S/C46H32N4/c1-46(2)37-20-10-9-18-36(37)43-38(46)25-24-35-34-23-22-32(31-17-12-26-47-28-31)33-19-11-21-41(42(33)34)50(44(35)43)45-48-39(29-13-5-3-6-14-29)27-40(49-45)30-15-7-4-8-16-30/h3-28H,1-2H3. The molecule has 0 N–H and O–H groups in total. The summed E-state index contributed by atoms with van der Waals surface area (Å²) in [6, 6.07) is 51.8. The van der Waals surface area contributed by atoms with E-state index in [1.54, 1.807) is 0 Å². The van der Waals surface area contributed by atoms with Crippen molar-refractivity contribution in [1.82, 2.24) is 15.0 Å². The summed E-state index contributed by atoms with van der Waals surface area (Å²) in [7, 11) is 0. The lowest BCUT2D eigenvalue weighted by atomic mass is 9.80. The van der Waals surface area contributed by atoms with Crippen molar-refractivity contribution in [3.63, 3.8) is 0 Å². The third-order valence-corrected chi connectivity index (χ3v) is 10.5. The molecule has 1 aliphatic carbocycles. The van der Waals surface area contributed by atoms with Crippen LogP contribution in [0, 0.1) is 0 Å². The van der Waals surface area contributed by atoms with Crippen LogP contribution in [-0.4, -0.2) is 15.0 Å². The van der Waals surface area contributed by atoms with Crippen molar-refractivity contribution in [2.45, 2.75) is 19.3 Å². The highest BCUT2D eigenvalue weighted by Crippen LogP contribution is 2.60. The first-order chi connectivity index (χ1) is 24.6. The molecule has 3 heterocycles. The largest absolute Gasteiger partial charge is 0.277 e. The van der Waals surface area contributed by atoms with Gasteiger partial charge in [0.25, 0.3) is 0 Å². The summed E-state index contributed by atoms with van der Waals surface area (Å²) in [5.41, 5.74) is 15.7. The zero-order valence-electron chi connectivity index (χ0n) is 27.8. The molecule has 8 aromatic rings. The molecule has 6 aromatic carbocycles. The number of anilines is 3. The Morgan fingerprint density at radius 3 is 1.90 bits per heavy atom.